The topological polar surface area (TPSA) is 122 Å². The number of esters is 1. The average molecular weight is 713 g/mol. The fraction of sp³-hybridized carbons (Fsp3) is 0.219. The van der Waals surface area contributed by atoms with Gasteiger partial charge < -0.3 is 14.2 Å². The highest BCUT2D eigenvalue weighted by molar-refractivity contribution is 9.10. The summed E-state index contributed by atoms with van der Waals surface area (Å²) in [7, 11) is 0. The van der Waals surface area contributed by atoms with Gasteiger partial charge >= 0.3 is 11.7 Å². The van der Waals surface area contributed by atoms with E-state index in [4.69, 9.17) is 25.8 Å². The Morgan fingerprint density at radius 2 is 1.82 bits per heavy atom. The molecule has 10 nitrogen and oxygen atoms in total. The zero-order valence-corrected chi connectivity index (χ0v) is 27.6. The van der Waals surface area contributed by atoms with Crippen molar-refractivity contribution in [3.05, 3.63) is 128 Å². The number of carbonyl (C=O) groups is 1. The first kappa shape index (κ1) is 32.1. The van der Waals surface area contributed by atoms with Gasteiger partial charge in [-0.05, 0) is 89.8 Å². The molecule has 2 heterocycles. The van der Waals surface area contributed by atoms with Gasteiger partial charge in [-0.15, -0.1) is 0 Å². The number of ether oxygens (including phenoxy) is 3. The maximum Gasteiger partial charge on any atom is 0.338 e. The number of rotatable bonds is 10. The molecule has 3 aromatic carbocycles. The molecular formula is C32H27BrClN3O7S. The lowest BCUT2D eigenvalue weighted by atomic mass is 9.96. The van der Waals surface area contributed by atoms with Crippen LogP contribution in [0.5, 0.6) is 11.5 Å². The molecule has 0 radical (unpaired) electrons. The Morgan fingerprint density at radius 3 is 2.47 bits per heavy atom. The summed E-state index contributed by atoms with van der Waals surface area (Å²) in [5.41, 5.74) is 1.85. The summed E-state index contributed by atoms with van der Waals surface area (Å²) in [4.78, 5) is 43.6. The van der Waals surface area contributed by atoms with E-state index in [1.807, 2.05) is 6.92 Å². The number of hydrogen-bond donors (Lipinski definition) is 0. The minimum Gasteiger partial charge on any atom is -0.494 e. The number of fused-ring (bicyclic) bond motifs is 1. The molecule has 0 spiro atoms. The number of hydrogen-bond acceptors (Lipinski definition) is 9. The largest absolute Gasteiger partial charge is 0.494 e. The molecule has 232 valence electrons. The van der Waals surface area contributed by atoms with Crippen LogP contribution in [0, 0.1) is 10.1 Å². The summed E-state index contributed by atoms with van der Waals surface area (Å²) in [6.07, 6.45) is 1.56. The van der Waals surface area contributed by atoms with E-state index in [0.717, 1.165) is 16.9 Å². The molecule has 0 fully saturated rings. The summed E-state index contributed by atoms with van der Waals surface area (Å²) in [5, 5.41) is 12.6. The first-order chi connectivity index (χ1) is 21.6. The highest BCUT2D eigenvalue weighted by Crippen LogP contribution is 2.37. The highest BCUT2D eigenvalue weighted by atomic mass is 79.9. The predicted octanol–water partition coefficient (Wildman–Crippen LogP) is 6.10. The number of benzene rings is 3. The van der Waals surface area contributed by atoms with Crippen LogP contribution in [0.2, 0.25) is 5.02 Å². The third-order valence-corrected chi connectivity index (χ3v) is 8.69. The zero-order chi connectivity index (χ0) is 32.2. The molecular weight excluding hydrogens is 686 g/mol. The van der Waals surface area contributed by atoms with E-state index in [1.54, 1.807) is 74.5 Å². The van der Waals surface area contributed by atoms with Crippen LogP contribution in [0.4, 0.5) is 5.69 Å². The Bertz CT molecular complexity index is 1990. The molecule has 0 amide bonds. The van der Waals surface area contributed by atoms with Gasteiger partial charge in [0.15, 0.2) is 4.80 Å². The van der Waals surface area contributed by atoms with Gasteiger partial charge in [0.05, 0.1) is 44.5 Å². The van der Waals surface area contributed by atoms with E-state index < -0.39 is 22.5 Å². The Morgan fingerprint density at radius 1 is 1.11 bits per heavy atom. The molecule has 4 aromatic rings. The van der Waals surface area contributed by atoms with Gasteiger partial charge in [0, 0.05) is 11.1 Å². The number of nitrogens with zero attached hydrogens (tertiary/aromatic N) is 3. The van der Waals surface area contributed by atoms with Crippen LogP contribution in [0.1, 0.15) is 43.5 Å². The van der Waals surface area contributed by atoms with Crippen LogP contribution in [-0.2, 0) is 16.1 Å². The Hall–Kier alpha value is -4.26. The minimum absolute atomic E-state index is 0.0544. The molecule has 45 heavy (non-hydrogen) atoms. The molecule has 0 saturated heterocycles. The van der Waals surface area contributed by atoms with Crippen molar-refractivity contribution >= 4 is 56.6 Å². The van der Waals surface area contributed by atoms with Crippen molar-refractivity contribution in [3.8, 4) is 11.5 Å². The Labute approximate surface area is 275 Å². The number of allylic oxidation sites excluding steroid dienone is 1. The second kappa shape index (κ2) is 13.8. The third kappa shape index (κ3) is 6.87. The molecule has 0 saturated carbocycles. The van der Waals surface area contributed by atoms with Gasteiger partial charge in [-0.1, -0.05) is 47.2 Å². The monoisotopic (exact) mass is 711 g/mol. The van der Waals surface area contributed by atoms with Crippen molar-refractivity contribution < 1.29 is 23.9 Å². The van der Waals surface area contributed by atoms with E-state index in [9.17, 15) is 19.7 Å². The summed E-state index contributed by atoms with van der Waals surface area (Å²) >= 11 is 10.5. The fourth-order valence-electron chi connectivity index (χ4n) is 4.87. The lowest BCUT2D eigenvalue weighted by Crippen LogP contribution is -2.39. The van der Waals surface area contributed by atoms with Crippen LogP contribution in [-0.4, -0.2) is 28.7 Å². The molecule has 0 N–H and O–H groups in total. The molecule has 1 aliphatic heterocycles. The minimum atomic E-state index is -0.803. The van der Waals surface area contributed by atoms with Crippen LogP contribution in [0.25, 0.3) is 6.08 Å². The molecule has 1 aromatic heterocycles. The zero-order valence-electron chi connectivity index (χ0n) is 24.4. The predicted molar refractivity (Wildman–Crippen MR) is 175 cm³/mol. The SMILES string of the molecule is CCOC(=O)C1=C(C)N=c2s/c(=C\c3cc(Br)c(OCc4ccc(Cl)cc4)c([N+](=O)[O-])c3)c(=O)n2[C@H]1c1ccc(OCC)cc1. The standard InChI is InChI=1S/C32H27BrClN3O7S/c1-4-42-23-12-8-21(9-13-23)28-27(31(39)43-5-2)18(3)35-32-36(28)30(38)26(45-32)16-20-14-24(33)29(25(15-20)37(40)41)44-17-19-6-10-22(34)11-7-19/h6-16,28H,4-5,17H2,1-3H3/b26-16-/t28-/m0/s1. The van der Waals surface area contributed by atoms with Gasteiger partial charge in [-0.3, -0.25) is 19.5 Å². The first-order valence-corrected chi connectivity index (χ1v) is 15.9. The van der Waals surface area contributed by atoms with Gasteiger partial charge in [-0.25, -0.2) is 9.79 Å². The molecule has 0 unspecified atom stereocenters. The number of aromatic nitrogens is 1. The van der Waals surface area contributed by atoms with E-state index in [2.05, 4.69) is 20.9 Å². The number of halogens is 2. The van der Waals surface area contributed by atoms with Crippen LogP contribution >= 0.6 is 38.9 Å². The number of nitro benzene ring substituents is 1. The van der Waals surface area contributed by atoms with Crippen LogP contribution in [0.3, 0.4) is 0 Å². The average Bonchev–Trinajstić information content (AvgIpc) is 3.30. The van der Waals surface area contributed by atoms with Crippen molar-refractivity contribution in [2.24, 2.45) is 4.99 Å². The van der Waals surface area contributed by atoms with E-state index >= 15 is 0 Å². The van der Waals surface area contributed by atoms with Crippen molar-refractivity contribution in [1.82, 2.24) is 4.57 Å². The van der Waals surface area contributed by atoms with Crippen molar-refractivity contribution in [3.63, 3.8) is 0 Å². The van der Waals surface area contributed by atoms with E-state index in [-0.39, 0.29) is 34.8 Å². The fourth-order valence-corrected chi connectivity index (χ4v) is 6.62. The number of thiazole rings is 1. The normalized spacial score (nSPS) is 14.5. The van der Waals surface area contributed by atoms with Crippen LogP contribution in [0.15, 0.2) is 86.2 Å². The second-order valence-corrected chi connectivity index (χ2v) is 12.1. The third-order valence-electron chi connectivity index (χ3n) is 6.86. The van der Waals surface area contributed by atoms with E-state index in [0.29, 0.717) is 43.5 Å². The van der Waals surface area contributed by atoms with Crippen molar-refractivity contribution in [2.75, 3.05) is 13.2 Å². The van der Waals surface area contributed by atoms with Gasteiger partial charge in [0.1, 0.15) is 12.4 Å². The molecule has 13 heteroatoms. The summed E-state index contributed by atoms with van der Waals surface area (Å²) in [6, 6.07) is 16.3. The summed E-state index contributed by atoms with van der Waals surface area (Å²) in [6.45, 7) is 6.03. The quantitative estimate of drug-likeness (QED) is 0.111. The van der Waals surface area contributed by atoms with Gasteiger partial charge in [0.25, 0.3) is 5.56 Å². The Kier molecular flexibility index (Phi) is 9.86. The van der Waals surface area contributed by atoms with Gasteiger partial charge in [0.2, 0.25) is 5.75 Å². The van der Waals surface area contributed by atoms with Crippen LogP contribution < -0.4 is 24.4 Å². The molecule has 0 aliphatic carbocycles. The molecule has 5 rings (SSSR count). The van der Waals surface area contributed by atoms with Gasteiger partial charge in [-0.2, -0.15) is 0 Å². The smallest absolute Gasteiger partial charge is 0.338 e. The maximum atomic E-state index is 14.0. The molecule has 0 bridgehead atoms. The number of nitro groups is 1. The molecule has 1 atom stereocenters. The van der Waals surface area contributed by atoms with E-state index in [1.165, 1.54) is 10.6 Å². The maximum absolute atomic E-state index is 14.0. The Balaban J connectivity index is 1.58. The lowest BCUT2D eigenvalue weighted by molar-refractivity contribution is -0.386. The summed E-state index contributed by atoms with van der Waals surface area (Å²) in [5.74, 6) is 0.138. The van der Waals surface area contributed by atoms with Crippen molar-refractivity contribution in [2.45, 2.75) is 33.4 Å². The second-order valence-electron chi connectivity index (χ2n) is 9.83. The summed E-state index contributed by atoms with van der Waals surface area (Å²) < 4.78 is 18.8. The molecule has 1 aliphatic rings. The first-order valence-electron chi connectivity index (χ1n) is 13.9. The number of carbonyl (C=O) groups excluding carboxylic acids is 1. The van der Waals surface area contributed by atoms with Crippen molar-refractivity contribution in [1.29, 1.82) is 0 Å². The lowest BCUT2D eigenvalue weighted by Gasteiger charge is -2.24. The highest BCUT2D eigenvalue weighted by Gasteiger charge is 2.33.